The highest BCUT2D eigenvalue weighted by Crippen LogP contribution is 2.21. The van der Waals surface area contributed by atoms with Crippen LogP contribution in [-0.2, 0) is 0 Å². The van der Waals surface area contributed by atoms with E-state index >= 15 is 0 Å². The zero-order chi connectivity index (χ0) is 9.36. The number of nitrogens with one attached hydrogen (secondary N) is 1. The van der Waals surface area contributed by atoms with E-state index < -0.39 is 0 Å². The molecule has 1 rings (SSSR count). The van der Waals surface area contributed by atoms with Crippen LogP contribution in [0.2, 0.25) is 0 Å². The Balaban J connectivity index is 2.11. The van der Waals surface area contributed by atoms with E-state index in [1.54, 1.807) is 0 Å². The molecule has 0 aliphatic heterocycles. The van der Waals surface area contributed by atoms with E-state index in [4.69, 9.17) is 5.11 Å². The van der Waals surface area contributed by atoms with E-state index in [-0.39, 0.29) is 6.61 Å². The quantitative estimate of drug-likeness (QED) is 0.274. The third kappa shape index (κ3) is 4.54. The monoisotopic (exact) mass is 175 g/mol. The Morgan fingerprint density at radius 3 is 2.92 bits per heavy atom. The number of aliphatic hydroxyl groups excluding tert-OH is 1. The number of aliphatic hydroxyl groups is 1. The third-order valence-electron chi connectivity index (χ3n) is 1.32. The number of hydrazone groups is 1. The standard InChI is InChI=1S/C10H11N2O/c13-9-8-12-11-7-3-6-10-4-1-2-5-10/h1-2,4-5,7,12-13H,8-9H2/b11-7-. The fourth-order valence-electron chi connectivity index (χ4n) is 0.765. The van der Waals surface area contributed by atoms with Crippen LogP contribution >= 0.6 is 0 Å². The fourth-order valence-corrected chi connectivity index (χ4v) is 0.765. The summed E-state index contributed by atoms with van der Waals surface area (Å²) in [5.74, 6) is 6.64. The van der Waals surface area contributed by atoms with E-state index in [0.717, 1.165) is 5.92 Å². The molecule has 1 aliphatic carbocycles. The number of rotatable bonds is 3. The normalized spacial score (nSPS) is 17.3. The topological polar surface area (TPSA) is 44.6 Å². The van der Waals surface area contributed by atoms with E-state index in [1.807, 2.05) is 25.7 Å². The van der Waals surface area contributed by atoms with Crippen molar-refractivity contribution >= 4 is 6.21 Å². The molecule has 1 saturated carbocycles. The van der Waals surface area contributed by atoms with Gasteiger partial charge in [-0.05, 0) is 25.7 Å². The van der Waals surface area contributed by atoms with Crippen molar-refractivity contribution in [2.24, 2.45) is 5.10 Å². The summed E-state index contributed by atoms with van der Waals surface area (Å²) in [5.41, 5.74) is 2.63. The molecule has 0 aromatic carbocycles. The Kier molecular flexibility index (Phi) is 5.04. The summed E-state index contributed by atoms with van der Waals surface area (Å²) < 4.78 is 0. The van der Waals surface area contributed by atoms with Crippen molar-refractivity contribution in [2.45, 2.75) is 0 Å². The lowest BCUT2D eigenvalue weighted by Gasteiger charge is -1.92. The van der Waals surface area contributed by atoms with Gasteiger partial charge in [0.15, 0.2) is 0 Å². The van der Waals surface area contributed by atoms with E-state index in [1.165, 1.54) is 6.21 Å². The molecular weight excluding hydrogens is 164 g/mol. The molecule has 0 spiro atoms. The fraction of sp³-hybridized carbons (Fsp3) is 0.200. The van der Waals surface area contributed by atoms with Gasteiger partial charge in [0.2, 0.25) is 0 Å². The number of hydrogen-bond acceptors (Lipinski definition) is 3. The van der Waals surface area contributed by atoms with Crippen LogP contribution in [0.4, 0.5) is 0 Å². The van der Waals surface area contributed by atoms with Crippen LogP contribution in [0.15, 0.2) is 5.10 Å². The van der Waals surface area contributed by atoms with Crippen LogP contribution in [0.3, 0.4) is 0 Å². The second-order valence-corrected chi connectivity index (χ2v) is 2.33. The number of hydrogen-bond donors (Lipinski definition) is 2. The van der Waals surface area contributed by atoms with E-state index in [9.17, 15) is 0 Å². The summed E-state index contributed by atoms with van der Waals surface area (Å²) in [4.78, 5) is 0. The highest BCUT2D eigenvalue weighted by Gasteiger charge is 2.13. The molecule has 0 unspecified atom stereocenters. The second kappa shape index (κ2) is 6.50. The minimum Gasteiger partial charge on any atom is -0.394 e. The van der Waals surface area contributed by atoms with E-state index in [2.05, 4.69) is 22.4 Å². The van der Waals surface area contributed by atoms with Crippen molar-refractivity contribution in [3.05, 3.63) is 31.6 Å². The summed E-state index contributed by atoms with van der Waals surface area (Å²) in [6.07, 6.45) is 9.21. The number of nitrogens with zero attached hydrogens (tertiary/aromatic N) is 1. The van der Waals surface area contributed by atoms with Crippen LogP contribution in [0, 0.1) is 43.4 Å². The van der Waals surface area contributed by atoms with Crippen molar-refractivity contribution in [3.8, 4) is 11.8 Å². The molecule has 1 aliphatic rings. The Bertz CT molecular complexity index is 209. The lowest BCUT2D eigenvalue weighted by atomic mass is 10.1. The molecule has 0 bridgehead atoms. The highest BCUT2D eigenvalue weighted by molar-refractivity contribution is 5.79. The average molecular weight is 175 g/mol. The molecule has 0 atom stereocenters. The first-order valence-corrected chi connectivity index (χ1v) is 4.02. The van der Waals surface area contributed by atoms with Gasteiger partial charge in [-0.15, -0.1) is 0 Å². The smallest absolute Gasteiger partial charge is 0.0966 e. The van der Waals surface area contributed by atoms with Gasteiger partial charge in [-0.25, -0.2) is 0 Å². The predicted octanol–water partition coefficient (Wildman–Crippen LogP) is -0.0372. The average Bonchev–Trinajstić information content (AvgIpc) is 2.63. The third-order valence-corrected chi connectivity index (χ3v) is 1.32. The molecule has 1 fully saturated rings. The highest BCUT2D eigenvalue weighted by atomic mass is 16.3. The largest absolute Gasteiger partial charge is 0.394 e. The van der Waals surface area contributed by atoms with Gasteiger partial charge in [-0.1, -0.05) is 11.8 Å². The van der Waals surface area contributed by atoms with Gasteiger partial charge in [0.05, 0.1) is 25.3 Å². The molecular formula is C10H11N2O. The molecule has 0 aromatic heterocycles. The zero-order valence-electron chi connectivity index (χ0n) is 7.20. The molecule has 0 amide bonds. The SMILES string of the molecule is OCCN/N=C\C#C[C]1[CH][CH][CH][CH]1. The lowest BCUT2D eigenvalue weighted by Crippen LogP contribution is -2.10. The first kappa shape index (κ1) is 10.1. The molecule has 5 radical (unpaired) electrons. The summed E-state index contributed by atoms with van der Waals surface area (Å²) in [6.45, 7) is 0.530. The van der Waals surface area contributed by atoms with Crippen molar-refractivity contribution < 1.29 is 5.11 Å². The van der Waals surface area contributed by atoms with Gasteiger partial charge in [0.1, 0.15) is 0 Å². The van der Waals surface area contributed by atoms with Crippen LogP contribution in [-0.4, -0.2) is 24.5 Å². The van der Waals surface area contributed by atoms with Crippen LogP contribution in [0.5, 0.6) is 0 Å². The summed E-state index contributed by atoms with van der Waals surface area (Å²) in [5, 5.41) is 12.2. The first-order valence-electron chi connectivity index (χ1n) is 4.02. The minimum atomic E-state index is 0.0770. The molecule has 3 nitrogen and oxygen atoms in total. The van der Waals surface area contributed by atoms with Gasteiger partial charge in [0.25, 0.3) is 0 Å². The van der Waals surface area contributed by atoms with Gasteiger partial charge >= 0.3 is 0 Å². The molecule has 3 heteroatoms. The first-order chi connectivity index (χ1) is 6.43. The Morgan fingerprint density at radius 2 is 2.23 bits per heavy atom. The van der Waals surface area contributed by atoms with Crippen molar-refractivity contribution in [1.82, 2.24) is 5.43 Å². The summed E-state index contributed by atoms with van der Waals surface area (Å²) in [7, 11) is 0. The van der Waals surface area contributed by atoms with Crippen LogP contribution in [0.25, 0.3) is 0 Å². The van der Waals surface area contributed by atoms with Crippen molar-refractivity contribution in [3.63, 3.8) is 0 Å². The Hall–Kier alpha value is -1.01. The molecule has 0 aromatic rings. The zero-order valence-corrected chi connectivity index (χ0v) is 7.20. The van der Waals surface area contributed by atoms with E-state index in [0.29, 0.717) is 6.54 Å². The maximum absolute atomic E-state index is 8.40. The molecule has 0 heterocycles. The van der Waals surface area contributed by atoms with Crippen LogP contribution < -0.4 is 5.43 Å². The minimum absolute atomic E-state index is 0.0770. The Morgan fingerprint density at radius 1 is 1.46 bits per heavy atom. The Labute approximate surface area is 79.2 Å². The van der Waals surface area contributed by atoms with Crippen LogP contribution in [0.1, 0.15) is 0 Å². The van der Waals surface area contributed by atoms with Gasteiger partial charge in [0, 0.05) is 0 Å². The van der Waals surface area contributed by atoms with Crippen molar-refractivity contribution in [1.29, 1.82) is 0 Å². The maximum atomic E-state index is 8.40. The summed E-state index contributed by atoms with van der Waals surface area (Å²) >= 11 is 0. The molecule has 67 valence electrons. The summed E-state index contributed by atoms with van der Waals surface area (Å²) in [6, 6.07) is 0. The molecule has 13 heavy (non-hydrogen) atoms. The predicted molar refractivity (Wildman–Crippen MR) is 51.8 cm³/mol. The van der Waals surface area contributed by atoms with Gasteiger partial charge < -0.3 is 10.5 Å². The second-order valence-electron chi connectivity index (χ2n) is 2.33. The van der Waals surface area contributed by atoms with Gasteiger partial charge in [-0.2, -0.15) is 5.10 Å². The van der Waals surface area contributed by atoms with Gasteiger partial charge in [-0.3, -0.25) is 0 Å². The van der Waals surface area contributed by atoms with Crippen molar-refractivity contribution in [2.75, 3.05) is 13.2 Å². The molecule has 0 saturated heterocycles. The lowest BCUT2D eigenvalue weighted by molar-refractivity contribution is 0.294. The molecule has 2 N–H and O–H groups in total. The maximum Gasteiger partial charge on any atom is 0.0966 e.